The molecule has 7 nitrogen and oxygen atoms in total. The Hall–Kier alpha value is -2.48. The van der Waals surface area contributed by atoms with Crippen molar-refractivity contribution < 1.29 is 19.4 Å². The minimum absolute atomic E-state index is 0.104. The quantitative estimate of drug-likeness (QED) is 0.677. The van der Waals surface area contributed by atoms with E-state index in [2.05, 4.69) is 15.5 Å². The van der Waals surface area contributed by atoms with Crippen LogP contribution in [0.5, 0.6) is 11.5 Å². The lowest BCUT2D eigenvalue weighted by molar-refractivity contribution is -0.0282. The highest BCUT2D eigenvalue weighted by atomic mass is 35.5. The Morgan fingerprint density at radius 2 is 1.83 bits per heavy atom. The van der Waals surface area contributed by atoms with Gasteiger partial charge in [0.15, 0.2) is 17.6 Å². The smallest absolute Gasteiger partial charge is 0.319 e. The molecule has 2 amide bonds. The first kappa shape index (κ1) is 20.8. The van der Waals surface area contributed by atoms with Crippen LogP contribution in [-0.2, 0) is 0 Å². The zero-order valence-corrected chi connectivity index (χ0v) is 17.3. The summed E-state index contributed by atoms with van der Waals surface area (Å²) in [7, 11) is 0. The van der Waals surface area contributed by atoms with Gasteiger partial charge in [0.1, 0.15) is 12.7 Å². The minimum Gasteiger partial charge on any atom is -0.486 e. The molecule has 1 saturated heterocycles. The van der Waals surface area contributed by atoms with Gasteiger partial charge in [-0.05, 0) is 49.2 Å². The van der Waals surface area contributed by atoms with E-state index in [-0.39, 0.29) is 18.2 Å². The van der Waals surface area contributed by atoms with E-state index in [0.29, 0.717) is 35.4 Å². The molecule has 8 heteroatoms. The van der Waals surface area contributed by atoms with Gasteiger partial charge >= 0.3 is 6.03 Å². The second kappa shape index (κ2) is 9.55. The Morgan fingerprint density at radius 3 is 2.57 bits per heavy atom. The van der Waals surface area contributed by atoms with Crippen molar-refractivity contribution in [2.45, 2.75) is 31.1 Å². The number of para-hydroxylation sites is 2. The molecule has 3 N–H and O–H groups in total. The Bertz CT molecular complexity index is 856. The van der Waals surface area contributed by atoms with Gasteiger partial charge in [-0.2, -0.15) is 0 Å². The molecule has 2 aromatic rings. The SMILES string of the molecule is O=C(Nc1ccc(Cl)cc1)NC1CCN(CC(O)C2COc3ccccc3O2)CC1. The molecule has 2 heterocycles. The third-order valence-corrected chi connectivity index (χ3v) is 5.68. The number of ether oxygens (including phenoxy) is 2. The molecule has 0 saturated carbocycles. The number of urea groups is 1. The van der Waals surface area contributed by atoms with Crippen molar-refractivity contribution in [1.82, 2.24) is 10.2 Å². The zero-order chi connectivity index (χ0) is 20.9. The molecule has 2 aliphatic rings. The fraction of sp³-hybridized carbons (Fsp3) is 0.409. The van der Waals surface area contributed by atoms with Gasteiger partial charge in [0.25, 0.3) is 0 Å². The number of aliphatic hydroxyl groups excluding tert-OH is 1. The number of β-amino-alcohol motifs (C(OH)–C–C–N with tert-alkyl or cyclic N) is 1. The first-order valence-corrected chi connectivity index (χ1v) is 10.6. The number of hydrogen-bond donors (Lipinski definition) is 3. The fourth-order valence-corrected chi connectivity index (χ4v) is 3.88. The average Bonchev–Trinajstić information content (AvgIpc) is 2.76. The fourth-order valence-electron chi connectivity index (χ4n) is 3.75. The third kappa shape index (κ3) is 5.36. The molecular formula is C22H26ClN3O4. The van der Waals surface area contributed by atoms with E-state index in [4.69, 9.17) is 21.1 Å². The summed E-state index contributed by atoms with van der Waals surface area (Å²) in [6.07, 6.45) is 0.619. The van der Waals surface area contributed by atoms with E-state index >= 15 is 0 Å². The standard InChI is InChI=1S/C22H26ClN3O4/c23-15-5-7-16(8-6-15)24-22(28)25-17-9-11-26(12-10-17)13-18(27)21-14-29-19-3-1-2-4-20(19)30-21/h1-8,17-18,21,27H,9-14H2,(H2,24,25,28). The normalized spacial score (nSPS) is 20.4. The molecule has 0 bridgehead atoms. The summed E-state index contributed by atoms with van der Waals surface area (Å²) in [6.45, 7) is 2.45. The lowest BCUT2D eigenvalue weighted by Gasteiger charge is -2.36. The van der Waals surface area contributed by atoms with Crippen LogP contribution in [0.1, 0.15) is 12.8 Å². The van der Waals surface area contributed by atoms with Crippen LogP contribution in [0.2, 0.25) is 5.02 Å². The van der Waals surface area contributed by atoms with E-state index in [0.717, 1.165) is 25.9 Å². The monoisotopic (exact) mass is 431 g/mol. The Balaban J connectivity index is 1.19. The summed E-state index contributed by atoms with van der Waals surface area (Å²) < 4.78 is 11.6. The van der Waals surface area contributed by atoms with Gasteiger partial charge in [0, 0.05) is 36.4 Å². The first-order chi connectivity index (χ1) is 14.6. The highest BCUT2D eigenvalue weighted by Gasteiger charge is 2.30. The predicted octanol–water partition coefficient (Wildman–Crippen LogP) is 3.13. The Kier molecular flexibility index (Phi) is 6.62. The molecule has 0 aliphatic carbocycles. The largest absolute Gasteiger partial charge is 0.486 e. The van der Waals surface area contributed by atoms with E-state index in [1.807, 2.05) is 24.3 Å². The molecule has 160 valence electrons. The average molecular weight is 432 g/mol. The molecule has 2 unspecified atom stereocenters. The number of carbonyl (C=O) groups is 1. The summed E-state index contributed by atoms with van der Waals surface area (Å²) in [4.78, 5) is 14.4. The topological polar surface area (TPSA) is 83.1 Å². The van der Waals surface area contributed by atoms with Crippen molar-refractivity contribution in [3.05, 3.63) is 53.6 Å². The third-order valence-electron chi connectivity index (χ3n) is 5.43. The molecule has 4 rings (SSSR count). The number of benzene rings is 2. The molecule has 0 aromatic heterocycles. The molecule has 0 radical (unpaired) electrons. The number of hydrogen-bond acceptors (Lipinski definition) is 5. The zero-order valence-electron chi connectivity index (χ0n) is 16.6. The number of halogens is 1. The number of likely N-dealkylation sites (tertiary alicyclic amines) is 1. The minimum atomic E-state index is -0.643. The number of fused-ring (bicyclic) bond motifs is 1. The Morgan fingerprint density at radius 1 is 1.13 bits per heavy atom. The second-order valence-corrected chi connectivity index (χ2v) is 8.10. The molecule has 2 atom stereocenters. The van der Waals surface area contributed by atoms with Crippen LogP contribution in [0.4, 0.5) is 10.5 Å². The number of amides is 2. The summed E-state index contributed by atoms with van der Waals surface area (Å²) >= 11 is 5.86. The van der Waals surface area contributed by atoms with Crippen LogP contribution in [0.15, 0.2) is 48.5 Å². The molecule has 0 spiro atoms. The number of rotatable bonds is 5. The molecule has 2 aliphatic heterocycles. The van der Waals surface area contributed by atoms with E-state index in [1.165, 1.54) is 0 Å². The second-order valence-electron chi connectivity index (χ2n) is 7.66. The van der Waals surface area contributed by atoms with Crippen molar-refractivity contribution in [3.63, 3.8) is 0 Å². The van der Waals surface area contributed by atoms with Crippen molar-refractivity contribution in [3.8, 4) is 11.5 Å². The van der Waals surface area contributed by atoms with Crippen molar-refractivity contribution >= 4 is 23.3 Å². The highest BCUT2D eigenvalue weighted by Crippen LogP contribution is 2.31. The summed E-state index contributed by atoms with van der Waals surface area (Å²) in [6, 6.07) is 14.4. The van der Waals surface area contributed by atoms with Gasteiger partial charge in [-0.1, -0.05) is 23.7 Å². The van der Waals surface area contributed by atoms with Crippen LogP contribution >= 0.6 is 11.6 Å². The number of nitrogens with one attached hydrogen (secondary N) is 2. The summed E-state index contributed by atoms with van der Waals surface area (Å²) in [5, 5.41) is 17.1. The van der Waals surface area contributed by atoms with Crippen LogP contribution in [0.3, 0.4) is 0 Å². The van der Waals surface area contributed by atoms with E-state index in [9.17, 15) is 9.90 Å². The lowest BCUT2D eigenvalue weighted by atomic mass is 10.0. The number of aliphatic hydroxyl groups is 1. The van der Waals surface area contributed by atoms with Crippen LogP contribution in [0.25, 0.3) is 0 Å². The maximum absolute atomic E-state index is 12.2. The molecule has 2 aromatic carbocycles. The van der Waals surface area contributed by atoms with Crippen molar-refractivity contribution in [2.24, 2.45) is 0 Å². The number of nitrogens with zero attached hydrogens (tertiary/aromatic N) is 1. The first-order valence-electron chi connectivity index (χ1n) is 10.2. The molecular weight excluding hydrogens is 406 g/mol. The van der Waals surface area contributed by atoms with Gasteiger partial charge in [-0.25, -0.2) is 4.79 Å². The van der Waals surface area contributed by atoms with Crippen molar-refractivity contribution in [2.75, 3.05) is 31.6 Å². The predicted molar refractivity (Wildman–Crippen MR) is 115 cm³/mol. The lowest BCUT2D eigenvalue weighted by Crippen LogP contribution is -2.50. The maximum Gasteiger partial charge on any atom is 0.319 e. The van der Waals surface area contributed by atoms with Crippen LogP contribution in [-0.4, -0.2) is 60.5 Å². The van der Waals surface area contributed by atoms with Gasteiger partial charge in [-0.3, -0.25) is 0 Å². The maximum atomic E-state index is 12.2. The van der Waals surface area contributed by atoms with Crippen LogP contribution < -0.4 is 20.1 Å². The Labute approximate surface area is 180 Å². The van der Waals surface area contributed by atoms with Gasteiger partial charge in [0.2, 0.25) is 0 Å². The summed E-state index contributed by atoms with van der Waals surface area (Å²) in [5.74, 6) is 1.38. The van der Waals surface area contributed by atoms with Gasteiger partial charge in [0.05, 0.1) is 0 Å². The van der Waals surface area contributed by atoms with Gasteiger partial charge in [-0.15, -0.1) is 0 Å². The van der Waals surface area contributed by atoms with Crippen LogP contribution in [0, 0.1) is 0 Å². The van der Waals surface area contributed by atoms with Crippen molar-refractivity contribution in [1.29, 1.82) is 0 Å². The summed E-state index contributed by atoms with van der Waals surface area (Å²) in [5.41, 5.74) is 0.703. The van der Waals surface area contributed by atoms with E-state index in [1.54, 1.807) is 24.3 Å². The number of piperidine rings is 1. The molecule has 30 heavy (non-hydrogen) atoms. The molecule has 1 fully saturated rings. The highest BCUT2D eigenvalue weighted by molar-refractivity contribution is 6.30. The van der Waals surface area contributed by atoms with Gasteiger partial charge < -0.3 is 30.1 Å². The number of carbonyl (C=O) groups excluding carboxylic acids is 1. The number of anilines is 1. The van der Waals surface area contributed by atoms with E-state index < -0.39 is 6.10 Å².